The zero-order chi connectivity index (χ0) is 22.5. The smallest absolute Gasteiger partial charge is 0.338 e. The molecule has 0 aliphatic heterocycles. The first-order valence-electron chi connectivity index (χ1n) is 11.0. The van der Waals surface area contributed by atoms with E-state index in [1.54, 1.807) is 6.07 Å². The third-order valence-electron chi connectivity index (χ3n) is 5.81. The number of hydrogen-bond donors (Lipinski definition) is 0. The fraction of sp³-hybridized carbons (Fsp3) is 0.214. The van der Waals surface area contributed by atoms with Crippen molar-refractivity contribution in [3.05, 3.63) is 100 Å². The van der Waals surface area contributed by atoms with E-state index in [1.807, 2.05) is 18.2 Å². The lowest BCUT2D eigenvalue weighted by molar-refractivity contribution is 0.0601. The van der Waals surface area contributed by atoms with Crippen LogP contribution in [0.3, 0.4) is 0 Å². The van der Waals surface area contributed by atoms with Crippen molar-refractivity contribution in [2.24, 2.45) is 0 Å². The topological polar surface area (TPSA) is 31.2 Å². The van der Waals surface area contributed by atoms with Crippen LogP contribution in [0.25, 0.3) is 22.0 Å². The van der Waals surface area contributed by atoms with E-state index in [4.69, 9.17) is 17.0 Å². The van der Waals surface area contributed by atoms with Gasteiger partial charge in [0.15, 0.2) is 0 Å². The maximum Gasteiger partial charge on any atom is 0.338 e. The Hall–Kier alpha value is -3.24. The Morgan fingerprint density at radius 3 is 2.44 bits per heavy atom. The van der Waals surface area contributed by atoms with Gasteiger partial charge in [-0.05, 0) is 47.2 Å². The number of hydrogen-bond acceptors (Lipinski definition) is 3. The summed E-state index contributed by atoms with van der Waals surface area (Å²) in [5.74, 6) is -0.324. The molecule has 1 aromatic heterocycles. The van der Waals surface area contributed by atoms with E-state index >= 15 is 0 Å². The summed E-state index contributed by atoms with van der Waals surface area (Å²) in [5, 5.41) is 1.14. The molecule has 4 aromatic rings. The maximum atomic E-state index is 12.1. The average molecular weight is 442 g/mol. The summed E-state index contributed by atoms with van der Waals surface area (Å²) in [6, 6.07) is 24.3. The highest BCUT2D eigenvalue weighted by atomic mass is 32.1. The van der Waals surface area contributed by atoms with Gasteiger partial charge in [0.1, 0.15) is 0 Å². The monoisotopic (exact) mass is 441 g/mol. The number of rotatable bonds is 7. The standard InChI is InChI=1S/C28H27NO2S/c1-3-4-9-22-19-29(26-13-8-7-12-25(26)27(22)32)18-20-14-16-21(17-15-20)23-10-5-6-11-24(23)28(30)31-2/h5-8,10-17,19H,3-4,9,18H2,1-2H3. The summed E-state index contributed by atoms with van der Waals surface area (Å²) in [4.78, 5) is 12.1. The Morgan fingerprint density at radius 2 is 1.69 bits per heavy atom. The van der Waals surface area contributed by atoms with Gasteiger partial charge in [0.2, 0.25) is 0 Å². The van der Waals surface area contributed by atoms with E-state index < -0.39 is 0 Å². The first-order valence-corrected chi connectivity index (χ1v) is 11.4. The van der Waals surface area contributed by atoms with Crippen LogP contribution < -0.4 is 0 Å². The molecular weight excluding hydrogens is 414 g/mol. The minimum absolute atomic E-state index is 0.324. The maximum absolute atomic E-state index is 12.1. The first kappa shape index (κ1) is 22.0. The number of fused-ring (bicyclic) bond motifs is 1. The van der Waals surface area contributed by atoms with E-state index in [-0.39, 0.29) is 5.97 Å². The number of esters is 1. The number of nitrogens with zero attached hydrogens (tertiary/aromatic N) is 1. The Labute approximate surface area is 194 Å². The number of aryl methyl sites for hydroxylation is 1. The lowest BCUT2D eigenvalue weighted by atomic mass is 9.98. The molecule has 4 rings (SSSR count). The van der Waals surface area contributed by atoms with Crippen molar-refractivity contribution in [1.29, 1.82) is 0 Å². The second kappa shape index (κ2) is 9.92. The third kappa shape index (κ3) is 4.51. The molecule has 1 heterocycles. The van der Waals surface area contributed by atoms with Gasteiger partial charge in [-0.1, -0.05) is 86.2 Å². The molecule has 0 aliphatic rings. The summed E-state index contributed by atoms with van der Waals surface area (Å²) in [6.45, 7) is 2.96. The number of ether oxygens (including phenoxy) is 1. The molecule has 0 fully saturated rings. The van der Waals surface area contributed by atoms with Crippen LogP contribution in [0.4, 0.5) is 0 Å². The zero-order valence-corrected chi connectivity index (χ0v) is 19.3. The van der Waals surface area contributed by atoms with Crippen molar-refractivity contribution in [1.82, 2.24) is 4.57 Å². The number of para-hydroxylation sites is 1. The highest BCUT2D eigenvalue weighted by Crippen LogP contribution is 2.26. The Kier molecular flexibility index (Phi) is 6.81. The second-order valence-electron chi connectivity index (χ2n) is 7.97. The molecule has 0 radical (unpaired) electrons. The number of pyridine rings is 1. The molecule has 162 valence electrons. The van der Waals surface area contributed by atoms with Crippen molar-refractivity contribution in [2.75, 3.05) is 7.11 Å². The molecule has 4 heteroatoms. The highest BCUT2D eigenvalue weighted by molar-refractivity contribution is 7.71. The number of benzene rings is 3. The van der Waals surface area contributed by atoms with Crippen molar-refractivity contribution in [3.8, 4) is 11.1 Å². The van der Waals surface area contributed by atoms with Crippen LogP contribution in [0.1, 0.15) is 41.3 Å². The third-order valence-corrected chi connectivity index (χ3v) is 6.29. The molecule has 3 nitrogen and oxygen atoms in total. The number of unbranched alkanes of at least 4 members (excludes halogenated alkanes) is 1. The molecule has 0 aliphatic carbocycles. The predicted octanol–water partition coefficient (Wildman–Crippen LogP) is 7.22. The number of carbonyl (C=O) groups is 1. The Morgan fingerprint density at radius 1 is 0.969 bits per heavy atom. The summed E-state index contributed by atoms with van der Waals surface area (Å²) in [5.41, 5.74) is 6.03. The number of methoxy groups -OCH3 is 1. The fourth-order valence-corrected chi connectivity index (χ4v) is 4.42. The molecule has 3 aromatic carbocycles. The fourth-order valence-electron chi connectivity index (χ4n) is 4.09. The Balaban J connectivity index is 1.68. The van der Waals surface area contributed by atoms with Crippen molar-refractivity contribution in [3.63, 3.8) is 0 Å². The van der Waals surface area contributed by atoms with Crippen molar-refractivity contribution < 1.29 is 9.53 Å². The first-order chi connectivity index (χ1) is 15.6. The molecule has 32 heavy (non-hydrogen) atoms. The minimum atomic E-state index is -0.324. The summed E-state index contributed by atoms with van der Waals surface area (Å²) >= 11 is 5.79. The normalized spacial score (nSPS) is 10.9. The predicted molar refractivity (Wildman–Crippen MR) is 134 cm³/mol. The quantitative estimate of drug-likeness (QED) is 0.224. The molecule has 0 atom stereocenters. The van der Waals surface area contributed by atoms with Gasteiger partial charge >= 0.3 is 5.97 Å². The van der Waals surface area contributed by atoms with E-state index in [0.29, 0.717) is 5.56 Å². The highest BCUT2D eigenvalue weighted by Gasteiger charge is 2.13. The summed E-state index contributed by atoms with van der Waals surface area (Å²) in [6.07, 6.45) is 5.51. The number of carbonyl (C=O) groups excluding carboxylic acids is 1. The van der Waals surface area contributed by atoms with Crippen molar-refractivity contribution >= 4 is 29.1 Å². The minimum Gasteiger partial charge on any atom is -0.465 e. The molecule has 0 N–H and O–H groups in total. The van der Waals surface area contributed by atoms with Crippen LogP contribution in [-0.2, 0) is 17.7 Å². The zero-order valence-electron chi connectivity index (χ0n) is 18.5. The molecular formula is C28H27NO2S. The lowest BCUT2D eigenvalue weighted by Crippen LogP contribution is -2.05. The van der Waals surface area contributed by atoms with Gasteiger partial charge < -0.3 is 9.30 Å². The van der Waals surface area contributed by atoms with Gasteiger partial charge in [-0.2, -0.15) is 0 Å². The van der Waals surface area contributed by atoms with Gasteiger partial charge in [-0.25, -0.2) is 4.79 Å². The molecule has 0 saturated heterocycles. The summed E-state index contributed by atoms with van der Waals surface area (Å²) < 4.78 is 8.21. The molecule has 0 amide bonds. The van der Waals surface area contributed by atoms with E-state index in [9.17, 15) is 4.79 Å². The SMILES string of the molecule is CCCCc1cn(Cc2ccc(-c3ccccc3C(=O)OC)cc2)c2ccccc2c1=S. The van der Waals surface area contributed by atoms with Crippen LogP contribution >= 0.6 is 12.2 Å². The number of aromatic nitrogens is 1. The largest absolute Gasteiger partial charge is 0.465 e. The van der Waals surface area contributed by atoms with Gasteiger partial charge in [-0.15, -0.1) is 0 Å². The van der Waals surface area contributed by atoms with Crippen LogP contribution in [0.2, 0.25) is 0 Å². The van der Waals surface area contributed by atoms with Crippen molar-refractivity contribution in [2.45, 2.75) is 32.7 Å². The molecule has 0 spiro atoms. The van der Waals surface area contributed by atoms with Gasteiger partial charge in [0.25, 0.3) is 0 Å². The van der Waals surface area contributed by atoms with E-state index in [2.05, 4.69) is 66.2 Å². The van der Waals surface area contributed by atoms with E-state index in [1.165, 1.54) is 18.2 Å². The molecule has 0 bridgehead atoms. The summed E-state index contributed by atoms with van der Waals surface area (Å²) in [7, 11) is 1.41. The van der Waals surface area contributed by atoms with Crippen LogP contribution in [0.5, 0.6) is 0 Å². The van der Waals surface area contributed by atoms with Crippen LogP contribution in [0.15, 0.2) is 79.0 Å². The van der Waals surface area contributed by atoms with Gasteiger partial charge in [0, 0.05) is 23.6 Å². The lowest BCUT2D eigenvalue weighted by Gasteiger charge is -2.15. The Bertz CT molecular complexity index is 1310. The van der Waals surface area contributed by atoms with Gasteiger partial charge in [-0.3, -0.25) is 0 Å². The van der Waals surface area contributed by atoms with Gasteiger partial charge in [0.05, 0.1) is 17.2 Å². The average Bonchev–Trinajstić information content (AvgIpc) is 2.85. The van der Waals surface area contributed by atoms with E-state index in [0.717, 1.165) is 52.3 Å². The van der Waals surface area contributed by atoms with Crippen LogP contribution in [0, 0.1) is 4.51 Å². The molecule has 0 unspecified atom stereocenters. The van der Waals surface area contributed by atoms with Crippen LogP contribution in [-0.4, -0.2) is 17.6 Å². The molecule has 0 saturated carbocycles. The second-order valence-corrected chi connectivity index (χ2v) is 8.37.